The number of pyridine rings is 1. The Hall–Kier alpha value is -1.91. The van der Waals surface area contributed by atoms with Crippen molar-refractivity contribution in [2.45, 2.75) is 13.5 Å². The first-order valence-corrected chi connectivity index (χ1v) is 7.04. The van der Waals surface area contributed by atoms with Crippen LogP contribution in [0, 0.1) is 0 Å². The zero-order valence-corrected chi connectivity index (χ0v) is 12.9. The van der Waals surface area contributed by atoms with E-state index in [9.17, 15) is 4.79 Å². The van der Waals surface area contributed by atoms with Crippen molar-refractivity contribution in [1.29, 1.82) is 0 Å². The molecule has 1 heterocycles. The molecule has 0 saturated heterocycles. The second-order valence-corrected chi connectivity index (χ2v) is 5.25. The summed E-state index contributed by atoms with van der Waals surface area (Å²) >= 11 is 11.9. The van der Waals surface area contributed by atoms with E-state index in [4.69, 9.17) is 23.2 Å². The number of hydrogen-bond donors (Lipinski definition) is 1. The number of rotatable bonds is 4. The van der Waals surface area contributed by atoms with E-state index in [1.165, 1.54) is 0 Å². The Labute approximate surface area is 133 Å². The summed E-state index contributed by atoms with van der Waals surface area (Å²) in [5, 5.41) is 5.11. The van der Waals surface area contributed by atoms with E-state index in [1.807, 2.05) is 30.6 Å². The van der Waals surface area contributed by atoms with E-state index in [1.54, 1.807) is 29.7 Å². The molecule has 0 atom stereocenters. The van der Waals surface area contributed by atoms with Crippen LogP contribution in [0.15, 0.2) is 53.9 Å². The highest BCUT2D eigenvalue weighted by Gasteiger charge is 2.09. The molecular formula is C15H14Cl2N3O+. The summed E-state index contributed by atoms with van der Waals surface area (Å²) in [6, 6.07) is 10.7. The first-order chi connectivity index (χ1) is 10.1. The smallest absolute Gasteiger partial charge is 0.266 e. The maximum absolute atomic E-state index is 11.8. The molecule has 0 aliphatic rings. The minimum Gasteiger partial charge on any atom is -0.266 e. The highest BCUT2D eigenvalue weighted by Crippen LogP contribution is 2.21. The summed E-state index contributed by atoms with van der Waals surface area (Å²) in [6.45, 7) is 1.97. The topological polar surface area (TPSA) is 45.3 Å². The van der Waals surface area contributed by atoms with Crippen LogP contribution in [0.3, 0.4) is 0 Å². The number of benzene rings is 1. The van der Waals surface area contributed by atoms with Crippen molar-refractivity contribution >= 4 is 34.8 Å². The van der Waals surface area contributed by atoms with Crippen molar-refractivity contribution in [2.75, 3.05) is 0 Å². The molecule has 2 rings (SSSR count). The van der Waals surface area contributed by atoms with Crippen molar-refractivity contribution in [3.05, 3.63) is 64.4 Å². The minimum absolute atomic E-state index is 0.200. The van der Waals surface area contributed by atoms with Gasteiger partial charge in [0.05, 0.1) is 10.7 Å². The lowest BCUT2D eigenvalue weighted by atomic mass is 10.1. The number of hydrazone groups is 1. The Balaban J connectivity index is 2.01. The Kier molecular flexibility index (Phi) is 5.31. The summed E-state index contributed by atoms with van der Waals surface area (Å²) in [4.78, 5) is 11.8. The molecule has 0 radical (unpaired) electrons. The van der Waals surface area contributed by atoms with Crippen molar-refractivity contribution in [3.8, 4) is 0 Å². The molecule has 0 saturated carbocycles. The largest absolute Gasteiger partial charge is 0.305 e. The lowest BCUT2D eigenvalue weighted by Crippen LogP contribution is -2.41. The van der Waals surface area contributed by atoms with Crippen molar-refractivity contribution in [1.82, 2.24) is 5.43 Å². The second-order valence-electron chi connectivity index (χ2n) is 4.40. The lowest BCUT2D eigenvalue weighted by Gasteiger charge is -2.04. The summed E-state index contributed by atoms with van der Waals surface area (Å²) in [5.74, 6) is -0.212. The Morgan fingerprint density at radius 1 is 1.24 bits per heavy atom. The number of nitrogens with zero attached hydrogens (tertiary/aromatic N) is 2. The van der Waals surface area contributed by atoms with Crippen LogP contribution in [0.25, 0.3) is 0 Å². The molecule has 0 aliphatic heterocycles. The van der Waals surface area contributed by atoms with Crippen molar-refractivity contribution in [3.63, 3.8) is 0 Å². The van der Waals surface area contributed by atoms with Gasteiger partial charge < -0.3 is 0 Å². The summed E-state index contributed by atoms with van der Waals surface area (Å²) < 4.78 is 1.76. The van der Waals surface area contributed by atoms with E-state index in [-0.39, 0.29) is 12.5 Å². The Morgan fingerprint density at radius 3 is 2.62 bits per heavy atom. The molecule has 1 amide bonds. The summed E-state index contributed by atoms with van der Waals surface area (Å²) in [6.07, 6.45) is 3.62. The van der Waals surface area contributed by atoms with Crippen LogP contribution in [0.1, 0.15) is 12.5 Å². The zero-order chi connectivity index (χ0) is 15.2. The highest BCUT2D eigenvalue weighted by molar-refractivity contribution is 6.37. The van der Waals surface area contributed by atoms with Gasteiger partial charge in [0.25, 0.3) is 0 Å². The molecule has 1 aromatic carbocycles. The molecule has 4 nitrogen and oxygen atoms in total. The van der Waals surface area contributed by atoms with Crippen LogP contribution >= 0.6 is 23.2 Å². The third kappa shape index (κ3) is 4.55. The maximum atomic E-state index is 11.8. The van der Waals surface area contributed by atoms with E-state index >= 15 is 0 Å². The number of carbonyl (C=O) groups excluding carboxylic acids is 1. The summed E-state index contributed by atoms with van der Waals surface area (Å²) in [7, 11) is 0. The molecule has 0 bridgehead atoms. The molecule has 1 aromatic heterocycles. The predicted molar refractivity (Wildman–Crippen MR) is 83.5 cm³/mol. The number of carbonyl (C=O) groups is 1. The van der Waals surface area contributed by atoms with Crippen LogP contribution in [-0.4, -0.2) is 11.6 Å². The van der Waals surface area contributed by atoms with E-state index in [0.717, 1.165) is 5.56 Å². The van der Waals surface area contributed by atoms with Gasteiger partial charge in [-0.05, 0) is 19.1 Å². The molecule has 6 heteroatoms. The number of amides is 1. The average Bonchev–Trinajstić information content (AvgIpc) is 2.46. The molecule has 0 fully saturated rings. The Bertz CT molecular complexity index is 672. The van der Waals surface area contributed by atoms with Gasteiger partial charge in [0, 0.05) is 22.7 Å². The van der Waals surface area contributed by atoms with Crippen LogP contribution in [0.2, 0.25) is 10.0 Å². The molecule has 108 valence electrons. The van der Waals surface area contributed by atoms with Crippen molar-refractivity contribution < 1.29 is 9.36 Å². The summed E-state index contributed by atoms with van der Waals surface area (Å²) in [5.41, 5.74) is 3.85. The van der Waals surface area contributed by atoms with E-state index in [2.05, 4.69) is 10.5 Å². The molecule has 21 heavy (non-hydrogen) atoms. The van der Waals surface area contributed by atoms with E-state index < -0.39 is 0 Å². The number of halogens is 2. The number of aromatic nitrogens is 1. The lowest BCUT2D eigenvalue weighted by molar-refractivity contribution is -0.684. The van der Waals surface area contributed by atoms with Crippen molar-refractivity contribution in [2.24, 2.45) is 5.10 Å². The van der Waals surface area contributed by atoms with E-state index in [0.29, 0.717) is 15.8 Å². The van der Waals surface area contributed by atoms with Gasteiger partial charge in [0.15, 0.2) is 12.4 Å². The van der Waals surface area contributed by atoms with Gasteiger partial charge in [-0.15, -0.1) is 0 Å². The normalized spacial score (nSPS) is 11.3. The van der Waals surface area contributed by atoms with Gasteiger partial charge >= 0.3 is 5.91 Å². The predicted octanol–water partition coefficient (Wildman–Crippen LogP) is 2.82. The molecule has 0 spiro atoms. The standard InChI is InChI=1S/C15H13Cl2N3O/c1-11(13-6-5-12(16)9-14(13)17)18-19-15(21)10-20-7-3-2-4-8-20/h2-9H,10H2,1H3/p+1. The molecule has 0 unspecified atom stereocenters. The molecule has 2 aromatic rings. The first-order valence-electron chi connectivity index (χ1n) is 6.29. The third-order valence-electron chi connectivity index (χ3n) is 2.77. The zero-order valence-electron chi connectivity index (χ0n) is 11.4. The van der Waals surface area contributed by atoms with Crippen LogP contribution in [-0.2, 0) is 11.3 Å². The fourth-order valence-electron chi connectivity index (χ4n) is 1.73. The van der Waals surface area contributed by atoms with Crippen LogP contribution in [0.5, 0.6) is 0 Å². The van der Waals surface area contributed by atoms with Gasteiger partial charge in [0.1, 0.15) is 0 Å². The van der Waals surface area contributed by atoms with Crippen LogP contribution in [0.4, 0.5) is 0 Å². The molecule has 1 N–H and O–H groups in total. The van der Waals surface area contributed by atoms with Gasteiger partial charge in [-0.25, -0.2) is 5.43 Å². The first kappa shape index (κ1) is 15.5. The number of hydrogen-bond acceptors (Lipinski definition) is 2. The fraction of sp³-hybridized carbons (Fsp3) is 0.133. The van der Waals surface area contributed by atoms with Gasteiger partial charge in [-0.1, -0.05) is 35.3 Å². The second kappa shape index (κ2) is 7.20. The highest BCUT2D eigenvalue weighted by atomic mass is 35.5. The van der Waals surface area contributed by atoms with Crippen LogP contribution < -0.4 is 9.99 Å². The quantitative estimate of drug-likeness (QED) is 0.525. The van der Waals surface area contributed by atoms with Gasteiger partial charge in [-0.2, -0.15) is 9.67 Å². The van der Waals surface area contributed by atoms with Gasteiger partial charge in [0.2, 0.25) is 6.54 Å². The minimum atomic E-state index is -0.212. The third-order valence-corrected chi connectivity index (χ3v) is 3.32. The molecule has 0 aliphatic carbocycles. The number of nitrogens with one attached hydrogen (secondary N) is 1. The maximum Gasteiger partial charge on any atom is 0.305 e. The molecular weight excluding hydrogens is 309 g/mol. The van der Waals surface area contributed by atoms with Gasteiger partial charge in [-0.3, -0.25) is 4.79 Å². The fourth-order valence-corrected chi connectivity index (χ4v) is 2.28. The monoisotopic (exact) mass is 322 g/mol. The Morgan fingerprint density at radius 2 is 1.95 bits per heavy atom. The average molecular weight is 323 g/mol. The SMILES string of the molecule is CC(=NNC(=O)C[n+]1ccccc1)c1ccc(Cl)cc1Cl.